The molecular weight excluding hydrogens is 355 g/mol. The molecule has 3 aromatic rings. The third kappa shape index (κ3) is 3.41. The van der Waals surface area contributed by atoms with Crippen molar-refractivity contribution in [1.82, 2.24) is 9.97 Å². The number of hydrogen-bond acceptors (Lipinski definition) is 5. The number of thiazole rings is 1. The van der Waals surface area contributed by atoms with Gasteiger partial charge in [0.05, 0.1) is 23.1 Å². The number of nitrogens with zero attached hydrogens (tertiary/aromatic N) is 2. The van der Waals surface area contributed by atoms with Gasteiger partial charge < -0.3 is 4.74 Å². The number of nitrogens with one attached hydrogen (secondary N) is 1. The van der Waals surface area contributed by atoms with Crippen molar-refractivity contribution in [3.8, 4) is 5.75 Å². The molecule has 0 saturated heterocycles. The van der Waals surface area contributed by atoms with Crippen LogP contribution < -0.4 is 10.1 Å². The molecule has 0 aliphatic rings. The van der Waals surface area contributed by atoms with Gasteiger partial charge in [-0.1, -0.05) is 17.4 Å². The van der Waals surface area contributed by atoms with Crippen LogP contribution in [-0.4, -0.2) is 23.0 Å². The van der Waals surface area contributed by atoms with Crippen molar-refractivity contribution in [2.24, 2.45) is 0 Å². The van der Waals surface area contributed by atoms with Crippen molar-refractivity contribution in [3.05, 3.63) is 47.3 Å². The van der Waals surface area contributed by atoms with E-state index in [4.69, 9.17) is 4.74 Å². The minimum atomic E-state index is -4.55. The number of aryl methyl sites for hydroxylation is 1. The maximum absolute atomic E-state index is 12.7. The smallest absolute Gasteiger partial charge is 0.433 e. The van der Waals surface area contributed by atoms with E-state index in [9.17, 15) is 18.0 Å². The summed E-state index contributed by atoms with van der Waals surface area (Å²) in [5.74, 6) is -0.00151. The van der Waals surface area contributed by atoms with Crippen LogP contribution in [0.3, 0.4) is 0 Å². The third-order valence-corrected chi connectivity index (χ3v) is 4.38. The maximum atomic E-state index is 12.7. The largest absolute Gasteiger partial charge is 0.494 e. The highest BCUT2D eigenvalue weighted by atomic mass is 32.1. The van der Waals surface area contributed by atoms with E-state index in [-0.39, 0.29) is 11.3 Å². The first-order chi connectivity index (χ1) is 11.8. The summed E-state index contributed by atoms with van der Waals surface area (Å²) < 4.78 is 44.0. The van der Waals surface area contributed by atoms with Gasteiger partial charge in [-0.05, 0) is 31.2 Å². The molecule has 2 heterocycles. The minimum Gasteiger partial charge on any atom is -0.494 e. The lowest BCUT2D eigenvalue weighted by Crippen LogP contribution is -2.16. The Kier molecular flexibility index (Phi) is 4.34. The first-order valence-electron chi connectivity index (χ1n) is 7.09. The van der Waals surface area contributed by atoms with Gasteiger partial charge in [0.25, 0.3) is 5.91 Å². The van der Waals surface area contributed by atoms with Crippen molar-refractivity contribution in [2.45, 2.75) is 13.1 Å². The number of anilines is 1. The van der Waals surface area contributed by atoms with E-state index in [0.717, 1.165) is 16.8 Å². The summed E-state index contributed by atoms with van der Waals surface area (Å²) in [4.78, 5) is 20.1. The Balaban J connectivity index is 1.88. The van der Waals surface area contributed by atoms with Crippen molar-refractivity contribution in [2.75, 3.05) is 12.4 Å². The molecule has 9 heteroatoms. The van der Waals surface area contributed by atoms with Gasteiger partial charge in [0, 0.05) is 0 Å². The number of amides is 1. The van der Waals surface area contributed by atoms with Crippen molar-refractivity contribution >= 4 is 32.6 Å². The van der Waals surface area contributed by atoms with Gasteiger partial charge in [-0.15, -0.1) is 0 Å². The van der Waals surface area contributed by atoms with Crippen molar-refractivity contribution < 1.29 is 22.7 Å². The highest BCUT2D eigenvalue weighted by Gasteiger charge is 2.33. The Morgan fingerprint density at radius 2 is 1.96 bits per heavy atom. The Labute approximate surface area is 144 Å². The Bertz CT molecular complexity index is 953. The molecule has 0 atom stereocenters. The Morgan fingerprint density at radius 1 is 1.20 bits per heavy atom. The monoisotopic (exact) mass is 367 g/mol. The summed E-state index contributed by atoms with van der Waals surface area (Å²) in [6, 6.07) is 7.26. The second-order valence-corrected chi connectivity index (χ2v) is 6.14. The lowest BCUT2D eigenvalue weighted by molar-refractivity contribution is -0.141. The van der Waals surface area contributed by atoms with Crippen LogP contribution in [0.4, 0.5) is 18.3 Å². The highest BCUT2D eigenvalue weighted by molar-refractivity contribution is 7.22. The summed E-state index contributed by atoms with van der Waals surface area (Å²) in [6.07, 6.45) is -4.55. The fourth-order valence-electron chi connectivity index (χ4n) is 2.26. The van der Waals surface area contributed by atoms with Crippen LogP contribution in [0.25, 0.3) is 10.2 Å². The normalized spacial score (nSPS) is 11.6. The molecule has 0 fully saturated rings. The average Bonchev–Trinajstić information content (AvgIpc) is 2.95. The summed E-state index contributed by atoms with van der Waals surface area (Å²) in [6.45, 7) is 1.35. The number of rotatable bonds is 3. The molecular formula is C16H12F3N3O2S. The van der Waals surface area contributed by atoms with Gasteiger partial charge in [-0.25, -0.2) is 9.97 Å². The van der Waals surface area contributed by atoms with Gasteiger partial charge in [0.2, 0.25) is 0 Å². The summed E-state index contributed by atoms with van der Waals surface area (Å²) >= 11 is 1.24. The second-order valence-electron chi connectivity index (χ2n) is 5.11. The molecule has 0 aliphatic heterocycles. The van der Waals surface area contributed by atoms with Crippen LogP contribution in [-0.2, 0) is 6.18 Å². The van der Waals surface area contributed by atoms with Crippen LogP contribution in [0.2, 0.25) is 0 Å². The zero-order chi connectivity index (χ0) is 18.2. The van der Waals surface area contributed by atoms with E-state index in [1.807, 2.05) is 6.07 Å². The molecule has 130 valence electrons. The van der Waals surface area contributed by atoms with Crippen molar-refractivity contribution in [1.29, 1.82) is 0 Å². The zero-order valence-corrected chi connectivity index (χ0v) is 14.0. The highest BCUT2D eigenvalue weighted by Crippen LogP contribution is 2.32. The number of halogens is 3. The predicted octanol–water partition coefficient (Wildman–Crippen LogP) is 4.28. The lowest BCUT2D eigenvalue weighted by atomic mass is 10.1. The molecule has 0 spiro atoms. The van der Waals surface area contributed by atoms with Crippen molar-refractivity contribution in [3.63, 3.8) is 0 Å². The number of benzene rings is 1. The molecule has 1 amide bonds. The van der Waals surface area contributed by atoms with E-state index in [2.05, 4.69) is 15.3 Å². The molecule has 1 aromatic carbocycles. The number of carbonyl (C=O) groups is 1. The SMILES string of the molecule is COc1cccc2sc(NC(=O)c3ccc(C(F)(F)F)nc3C)nc12. The Morgan fingerprint density at radius 3 is 2.60 bits per heavy atom. The molecule has 2 aromatic heterocycles. The van der Waals surface area contributed by atoms with Crippen LogP contribution in [0, 0.1) is 6.92 Å². The zero-order valence-electron chi connectivity index (χ0n) is 13.1. The number of ether oxygens (including phenoxy) is 1. The number of hydrogen-bond donors (Lipinski definition) is 1. The molecule has 0 aliphatic carbocycles. The van der Waals surface area contributed by atoms with Crippen LogP contribution in [0.15, 0.2) is 30.3 Å². The maximum Gasteiger partial charge on any atom is 0.433 e. The lowest BCUT2D eigenvalue weighted by Gasteiger charge is -2.09. The predicted molar refractivity (Wildman–Crippen MR) is 88.1 cm³/mol. The molecule has 0 radical (unpaired) electrons. The fourth-order valence-corrected chi connectivity index (χ4v) is 3.14. The van der Waals surface area contributed by atoms with Crippen LogP contribution >= 0.6 is 11.3 Å². The molecule has 0 bridgehead atoms. The summed E-state index contributed by atoms with van der Waals surface area (Å²) in [5.41, 5.74) is -0.385. The fraction of sp³-hybridized carbons (Fsp3) is 0.188. The van der Waals surface area contributed by atoms with Gasteiger partial charge in [0.15, 0.2) is 5.13 Å². The number of fused-ring (bicyclic) bond motifs is 1. The quantitative estimate of drug-likeness (QED) is 0.751. The molecule has 25 heavy (non-hydrogen) atoms. The van der Waals surface area contributed by atoms with Crippen LogP contribution in [0.5, 0.6) is 5.75 Å². The van der Waals surface area contributed by atoms with E-state index in [0.29, 0.717) is 16.4 Å². The molecule has 0 saturated carbocycles. The molecule has 3 rings (SSSR count). The molecule has 1 N–H and O–H groups in total. The summed E-state index contributed by atoms with van der Waals surface area (Å²) in [5, 5.41) is 2.91. The first kappa shape index (κ1) is 17.2. The number of alkyl halides is 3. The standard InChI is InChI=1S/C16H12F3N3O2S/c1-8-9(6-7-12(20-8)16(17,18)19)14(23)22-15-21-13-10(24-2)4-3-5-11(13)25-15/h3-7H,1-2H3,(H,21,22,23). The Hall–Kier alpha value is -2.68. The minimum absolute atomic E-state index is 0.00832. The van der Waals surface area contributed by atoms with Gasteiger partial charge in [-0.3, -0.25) is 10.1 Å². The molecule has 5 nitrogen and oxygen atoms in total. The second kappa shape index (κ2) is 6.32. The number of pyridine rings is 1. The average molecular weight is 367 g/mol. The van der Waals surface area contributed by atoms with Crippen LogP contribution in [0.1, 0.15) is 21.7 Å². The number of carbonyl (C=O) groups excluding carboxylic acids is 1. The third-order valence-electron chi connectivity index (χ3n) is 3.44. The van der Waals surface area contributed by atoms with E-state index >= 15 is 0 Å². The number of methoxy groups -OCH3 is 1. The van der Waals surface area contributed by atoms with Gasteiger partial charge in [-0.2, -0.15) is 13.2 Å². The number of aromatic nitrogens is 2. The first-order valence-corrected chi connectivity index (χ1v) is 7.91. The number of para-hydroxylation sites is 1. The van der Waals surface area contributed by atoms with E-state index in [1.165, 1.54) is 25.4 Å². The van der Waals surface area contributed by atoms with Gasteiger partial charge >= 0.3 is 6.18 Å². The topological polar surface area (TPSA) is 64.1 Å². The van der Waals surface area contributed by atoms with E-state index in [1.54, 1.807) is 12.1 Å². The van der Waals surface area contributed by atoms with Gasteiger partial charge in [0.1, 0.15) is 17.0 Å². The molecule has 0 unspecified atom stereocenters. The summed E-state index contributed by atoms with van der Waals surface area (Å²) in [7, 11) is 1.52. The van der Waals surface area contributed by atoms with E-state index < -0.39 is 17.8 Å².